The van der Waals surface area contributed by atoms with Gasteiger partial charge in [0.25, 0.3) is 11.5 Å². The average Bonchev–Trinajstić information content (AvgIpc) is 3.35. The van der Waals surface area contributed by atoms with Gasteiger partial charge in [0.1, 0.15) is 17.2 Å². The van der Waals surface area contributed by atoms with Crippen LogP contribution in [0, 0.1) is 5.82 Å². The number of rotatable bonds is 8. The van der Waals surface area contributed by atoms with Gasteiger partial charge in [-0.2, -0.15) is 0 Å². The topological polar surface area (TPSA) is 106 Å². The molecule has 3 heterocycles. The quantitative estimate of drug-likeness (QED) is 0.283. The van der Waals surface area contributed by atoms with Gasteiger partial charge in [-0.15, -0.1) is 0 Å². The lowest BCUT2D eigenvalue weighted by Crippen LogP contribution is -2.36. The summed E-state index contributed by atoms with van der Waals surface area (Å²) in [6, 6.07) is 24.8. The van der Waals surface area contributed by atoms with Crippen LogP contribution in [0.1, 0.15) is 21.5 Å². The number of carbonyl (C=O) groups is 1. The van der Waals surface area contributed by atoms with Crippen LogP contribution < -0.4 is 21.5 Å². The second kappa shape index (κ2) is 11.4. The molecule has 8 nitrogen and oxygen atoms in total. The van der Waals surface area contributed by atoms with Crippen molar-refractivity contribution in [3.05, 3.63) is 130 Å². The standard InChI is InChI=1S/C33H29FN6O2/c1-39-32(42)30(40-20-24-8-5-9-27(28(24)31(40)41)22-10-12-25(34)13-11-22)29(23-14-16-36-17-15-23)38-33(39)37-19-26(35)18-21-6-3-2-4-7-21/h2-17,26H,18-20,35H2,1H3,(H,37,38)/t26-/m1/s1. The molecule has 2 aromatic heterocycles. The predicted molar refractivity (Wildman–Crippen MR) is 162 cm³/mol. The Hall–Kier alpha value is -5.15. The number of carbonyl (C=O) groups excluding carboxylic acids is 1. The summed E-state index contributed by atoms with van der Waals surface area (Å²) in [6.45, 7) is 0.590. The van der Waals surface area contributed by atoms with E-state index >= 15 is 0 Å². The third-order valence-electron chi connectivity index (χ3n) is 7.45. The molecule has 5 aromatic rings. The highest BCUT2D eigenvalue weighted by atomic mass is 19.1. The molecule has 0 saturated carbocycles. The number of pyridine rings is 1. The maximum atomic E-state index is 14.0. The molecular weight excluding hydrogens is 531 g/mol. The lowest BCUT2D eigenvalue weighted by atomic mass is 9.97. The van der Waals surface area contributed by atoms with Gasteiger partial charge >= 0.3 is 0 Å². The van der Waals surface area contributed by atoms with E-state index in [1.807, 2.05) is 48.5 Å². The van der Waals surface area contributed by atoms with E-state index in [0.717, 1.165) is 16.7 Å². The fourth-order valence-corrected chi connectivity index (χ4v) is 5.33. The summed E-state index contributed by atoms with van der Waals surface area (Å²) in [7, 11) is 1.62. The Balaban J connectivity index is 1.37. The number of halogens is 1. The Kier molecular flexibility index (Phi) is 7.33. The zero-order valence-corrected chi connectivity index (χ0v) is 23.0. The van der Waals surface area contributed by atoms with E-state index < -0.39 is 0 Å². The second-order valence-corrected chi connectivity index (χ2v) is 10.3. The molecule has 6 rings (SSSR count). The Morgan fingerprint density at radius 1 is 0.929 bits per heavy atom. The van der Waals surface area contributed by atoms with Gasteiger partial charge in [0.15, 0.2) is 0 Å². The maximum Gasteiger partial charge on any atom is 0.279 e. The molecule has 0 unspecified atom stereocenters. The predicted octanol–water partition coefficient (Wildman–Crippen LogP) is 4.79. The van der Waals surface area contributed by atoms with Crippen LogP contribution in [-0.4, -0.2) is 33.0 Å². The number of amides is 1. The molecule has 1 atom stereocenters. The number of nitrogens with one attached hydrogen (secondary N) is 1. The van der Waals surface area contributed by atoms with Gasteiger partial charge in [-0.05, 0) is 52.9 Å². The number of aromatic nitrogens is 3. The van der Waals surface area contributed by atoms with Gasteiger partial charge in [0.2, 0.25) is 5.95 Å². The monoisotopic (exact) mass is 560 g/mol. The highest BCUT2D eigenvalue weighted by Crippen LogP contribution is 2.37. The van der Waals surface area contributed by atoms with Crippen molar-refractivity contribution in [2.45, 2.75) is 19.0 Å². The summed E-state index contributed by atoms with van der Waals surface area (Å²) in [5, 5.41) is 3.24. The van der Waals surface area contributed by atoms with E-state index in [9.17, 15) is 14.0 Å². The van der Waals surface area contributed by atoms with E-state index in [2.05, 4.69) is 10.3 Å². The molecule has 3 aromatic carbocycles. The number of benzene rings is 3. The van der Waals surface area contributed by atoms with Crippen molar-refractivity contribution in [3.63, 3.8) is 0 Å². The van der Waals surface area contributed by atoms with Crippen LogP contribution in [0.25, 0.3) is 22.4 Å². The molecule has 42 heavy (non-hydrogen) atoms. The minimum Gasteiger partial charge on any atom is -0.354 e. The summed E-state index contributed by atoms with van der Waals surface area (Å²) in [6.07, 6.45) is 3.90. The first-order valence-electron chi connectivity index (χ1n) is 13.6. The first-order chi connectivity index (χ1) is 20.4. The van der Waals surface area contributed by atoms with E-state index in [1.165, 1.54) is 21.6 Å². The molecule has 1 aliphatic heterocycles. The molecule has 1 aliphatic rings. The van der Waals surface area contributed by atoms with Gasteiger partial charge < -0.3 is 11.1 Å². The fraction of sp³-hybridized carbons (Fsp3) is 0.152. The minimum atomic E-state index is -0.375. The Morgan fingerprint density at radius 2 is 1.67 bits per heavy atom. The molecular formula is C33H29FN6O2. The SMILES string of the molecule is Cn1c(NC[C@H](N)Cc2ccccc2)nc(-c2ccncc2)c(N2Cc3cccc(-c4ccc(F)cc4)c3C2=O)c1=O. The second-order valence-electron chi connectivity index (χ2n) is 10.3. The van der Waals surface area contributed by atoms with Crippen molar-refractivity contribution in [1.82, 2.24) is 14.5 Å². The highest BCUT2D eigenvalue weighted by molar-refractivity contribution is 6.15. The fourth-order valence-electron chi connectivity index (χ4n) is 5.33. The lowest BCUT2D eigenvalue weighted by Gasteiger charge is -2.22. The lowest BCUT2D eigenvalue weighted by molar-refractivity contribution is 0.0997. The van der Waals surface area contributed by atoms with Crippen molar-refractivity contribution < 1.29 is 9.18 Å². The number of hydrogen-bond acceptors (Lipinski definition) is 6. The Labute approximate surface area is 242 Å². The molecule has 9 heteroatoms. The minimum absolute atomic E-state index is 0.175. The highest BCUT2D eigenvalue weighted by Gasteiger charge is 2.35. The number of hydrogen-bond donors (Lipinski definition) is 2. The van der Waals surface area contributed by atoms with Crippen LogP contribution >= 0.6 is 0 Å². The van der Waals surface area contributed by atoms with Crippen molar-refractivity contribution in [2.75, 3.05) is 16.8 Å². The summed E-state index contributed by atoms with van der Waals surface area (Å²) in [5.41, 5.74) is 11.0. The molecule has 0 aliphatic carbocycles. The largest absolute Gasteiger partial charge is 0.354 e. The number of anilines is 2. The smallest absolute Gasteiger partial charge is 0.279 e. The Bertz CT molecular complexity index is 1810. The molecule has 0 spiro atoms. The summed E-state index contributed by atoms with van der Waals surface area (Å²) in [4.78, 5) is 38.4. The van der Waals surface area contributed by atoms with Crippen LogP contribution in [0.5, 0.6) is 0 Å². The molecule has 3 N–H and O–H groups in total. The van der Waals surface area contributed by atoms with Gasteiger partial charge in [-0.3, -0.25) is 24.0 Å². The van der Waals surface area contributed by atoms with Crippen molar-refractivity contribution in [1.29, 1.82) is 0 Å². The number of fused-ring (bicyclic) bond motifs is 1. The zero-order valence-electron chi connectivity index (χ0n) is 23.0. The van der Waals surface area contributed by atoms with E-state index in [0.29, 0.717) is 41.3 Å². The average molecular weight is 561 g/mol. The zero-order chi connectivity index (χ0) is 29.2. The molecule has 0 saturated heterocycles. The summed E-state index contributed by atoms with van der Waals surface area (Å²) in [5.74, 6) is -0.328. The van der Waals surface area contributed by atoms with E-state index in [1.54, 1.807) is 43.7 Å². The number of nitrogens with two attached hydrogens (primary N) is 1. The third-order valence-corrected chi connectivity index (χ3v) is 7.45. The normalized spacial score (nSPS) is 13.2. The van der Waals surface area contributed by atoms with Crippen LogP contribution in [0.4, 0.5) is 16.0 Å². The van der Waals surface area contributed by atoms with Gasteiger partial charge in [-0.1, -0.05) is 60.7 Å². The van der Waals surface area contributed by atoms with Crippen LogP contribution in [0.2, 0.25) is 0 Å². The third kappa shape index (κ3) is 5.17. The first kappa shape index (κ1) is 27.0. The van der Waals surface area contributed by atoms with Crippen LogP contribution in [0.15, 0.2) is 102 Å². The van der Waals surface area contributed by atoms with Gasteiger partial charge in [0.05, 0.1) is 12.1 Å². The summed E-state index contributed by atoms with van der Waals surface area (Å²) < 4.78 is 15.0. The van der Waals surface area contributed by atoms with Crippen LogP contribution in [-0.2, 0) is 20.0 Å². The van der Waals surface area contributed by atoms with E-state index in [4.69, 9.17) is 10.7 Å². The van der Waals surface area contributed by atoms with Crippen molar-refractivity contribution >= 4 is 17.5 Å². The summed E-state index contributed by atoms with van der Waals surface area (Å²) >= 11 is 0. The maximum absolute atomic E-state index is 14.0. The van der Waals surface area contributed by atoms with Crippen molar-refractivity contribution in [2.24, 2.45) is 12.8 Å². The van der Waals surface area contributed by atoms with E-state index in [-0.39, 0.29) is 35.6 Å². The van der Waals surface area contributed by atoms with Gasteiger partial charge in [0, 0.05) is 37.6 Å². The van der Waals surface area contributed by atoms with Crippen molar-refractivity contribution in [3.8, 4) is 22.4 Å². The van der Waals surface area contributed by atoms with Gasteiger partial charge in [-0.25, -0.2) is 9.37 Å². The Morgan fingerprint density at radius 3 is 2.40 bits per heavy atom. The first-order valence-corrected chi connectivity index (χ1v) is 13.6. The molecule has 210 valence electrons. The van der Waals surface area contributed by atoms with Crippen LogP contribution in [0.3, 0.4) is 0 Å². The number of nitrogens with zero attached hydrogens (tertiary/aromatic N) is 4. The molecule has 0 radical (unpaired) electrons. The molecule has 1 amide bonds. The molecule has 0 fully saturated rings. The molecule has 0 bridgehead atoms.